The number of aromatic nitrogens is 1. The molecule has 0 amide bonds. The van der Waals surface area contributed by atoms with Gasteiger partial charge in [0.05, 0.1) is 31.1 Å². The second-order valence-corrected chi connectivity index (χ2v) is 7.64. The van der Waals surface area contributed by atoms with Crippen LogP contribution in [0, 0.1) is 24.7 Å². The average Bonchev–Trinajstić information content (AvgIpc) is 3.58. The molecule has 2 aliphatic rings. The first-order valence-electron chi connectivity index (χ1n) is 10.1. The largest absolute Gasteiger partial charge is 0.396 e. The van der Waals surface area contributed by atoms with Crippen molar-refractivity contribution in [3.63, 3.8) is 0 Å². The minimum absolute atomic E-state index is 0.279. The molecule has 2 aromatic rings. The van der Waals surface area contributed by atoms with Crippen molar-refractivity contribution in [2.45, 2.75) is 32.0 Å². The minimum atomic E-state index is -0.284. The van der Waals surface area contributed by atoms with Crippen molar-refractivity contribution in [2.24, 2.45) is 11.7 Å². The fourth-order valence-electron chi connectivity index (χ4n) is 3.27. The Balaban J connectivity index is 1.27. The lowest BCUT2D eigenvalue weighted by atomic mass is 10.0. The topological polar surface area (TPSA) is 69.4 Å². The summed E-state index contributed by atoms with van der Waals surface area (Å²) in [5.74, 6) is 7.31. The molecule has 1 saturated carbocycles. The molecule has 1 aromatic carbocycles. The summed E-state index contributed by atoms with van der Waals surface area (Å²) in [5.41, 5.74) is 10.8. The van der Waals surface area contributed by atoms with E-state index in [0.29, 0.717) is 31.4 Å². The van der Waals surface area contributed by atoms with Crippen LogP contribution >= 0.6 is 0 Å². The van der Waals surface area contributed by atoms with E-state index in [2.05, 4.69) is 34.3 Å². The molecule has 3 N–H and O–H groups in total. The molecule has 2 fully saturated rings. The molecule has 1 saturated heterocycles. The predicted molar refractivity (Wildman–Crippen MR) is 114 cm³/mol. The summed E-state index contributed by atoms with van der Waals surface area (Å²) >= 11 is 0. The van der Waals surface area contributed by atoms with Crippen molar-refractivity contribution in [3.8, 4) is 11.8 Å². The number of benzene rings is 1. The number of nitrogens with zero attached hydrogens (tertiary/aromatic N) is 1. The zero-order valence-corrected chi connectivity index (χ0v) is 16.7. The van der Waals surface area contributed by atoms with E-state index in [-0.39, 0.29) is 12.2 Å². The van der Waals surface area contributed by atoms with E-state index in [1.54, 1.807) is 12.4 Å². The molecule has 0 spiro atoms. The van der Waals surface area contributed by atoms with Crippen LogP contribution < -0.4 is 11.1 Å². The second kappa shape index (κ2) is 9.13. The van der Waals surface area contributed by atoms with Gasteiger partial charge in [-0.1, -0.05) is 42.2 Å². The molecule has 0 unspecified atom stereocenters. The normalized spacial score (nSPS) is 21.9. The quantitative estimate of drug-likeness (QED) is 0.769. The second-order valence-electron chi connectivity index (χ2n) is 7.64. The number of aryl methyl sites for hydroxylation is 1. The van der Waals surface area contributed by atoms with Gasteiger partial charge in [-0.25, -0.2) is 0 Å². The average molecular weight is 389 g/mol. The van der Waals surface area contributed by atoms with E-state index in [1.807, 2.05) is 31.2 Å². The molecule has 0 atom stereocenters. The van der Waals surface area contributed by atoms with E-state index in [0.717, 1.165) is 16.8 Å². The summed E-state index contributed by atoms with van der Waals surface area (Å²) in [7, 11) is 0. The lowest BCUT2D eigenvalue weighted by molar-refractivity contribution is -0.182. The van der Waals surface area contributed by atoms with Crippen LogP contribution in [0.25, 0.3) is 5.70 Å². The van der Waals surface area contributed by atoms with Crippen molar-refractivity contribution >= 4 is 5.70 Å². The number of hydrogen-bond donors (Lipinski definition) is 2. The Labute approximate surface area is 172 Å². The van der Waals surface area contributed by atoms with Crippen LogP contribution in [0.1, 0.15) is 41.1 Å². The fraction of sp³-hybridized carbons (Fsp3) is 0.375. The molecule has 1 aliphatic heterocycles. The lowest BCUT2D eigenvalue weighted by Crippen LogP contribution is -2.37. The zero-order valence-electron chi connectivity index (χ0n) is 16.7. The van der Waals surface area contributed by atoms with Crippen molar-refractivity contribution in [3.05, 3.63) is 71.2 Å². The molecule has 5 heteroatoms. The molecule has 4 rings (SSSR count). The third-order valence-corrected chi connectivity index (χ3v) is 5.13. The highest BCUT2D eigenvalue weighted by Crippen LogP contribution is 2.27. The highest BCUT2D eigenvalue weighted by molar-refractivity contribution is 5.62. The highest BCUT2D eigenvalue weighted by atomic mass is 16.7. The van der Waals surface area contributed by atoms with Gasteiger partial charge in [0.15, 0.2) is 6.29 Å². The monoisotopic (exact) mass is 389 g/mol. The van der Waals surface area contributed by atoms with Gasteiger partial charge in [-0.05, 0) is 37.0 Å². The summed E-state index contributed by atoms with van der Waals surface area (Å²) in [4.78, 5) is 4.49. The maximum Gasteiger partial charge on any atom is 0.174 e. The summed E-state index contributed by atoms with van der Waals surface area (Å²) in [6, 6.07) is 12.4. The lowest BCUT2D eigenvalue weighted by Gasteiger charge is -2.29. The van der Waals surface area contributed by atoms with Crippen molar-refractivity contribution in [2.75, 3.05) is 19.8 Å². The standard InChI is InChI=1S/C24H27N3O2/c1-17-11-19(10-9-18-7-8-18)12-27-24(17)22(25)13-26-14-23-28-15-21(16-29-23)20-5-3-2-4-6-20/h2-6,11-13,18,21,23,26H,7-8,14-16,25H2,1H3/b22-13-. The molecule has 150 valence electrons. The summed E-state index contributed by atoms with van der Waals surface area (Å²) in [6.45, 7) is 3.84. The van der Waals surface area contributed by atoms with Gasteiger partial charge in [0.1, 0.15) is 0 Å². The van der Waals surface area contributed by atoms with Gasteiger partial charge in [0, 0.05) is 29.8 Å². The predicted octanol–water partition coefficient (Wildman–Crippen LogP) is 3.15. The Bertz CT molecular complexity index is 918. The number of rotatable bonds is 5. The highest BCUT2D eigenvalue weighted by Gasteiger charge is 2.23. The van der Waals surface area contributed by atoms with Gasteiger partial charge in [0.2, 0.25) is 0 Å². The van der Waals surface area contributed by atoms with Crippen molar-refractivity contribution < 1.29 is 9.47 Å². The number of ether oxygens (including phenoxy) is 2. The van der Waals surface area contributed by atoms with Crippen LogP contribution in [0.2, 0.25) is 0 Å². The first-order chi connectivity index (χ1) is 14.2. The third-order valence-electron chi connectivity index (χ3n) is 5.13. The van der Waals surface area contributed by atoms with E-state index < -0.39 is 0 Å². The van der Waals surface area contributed by atoms with Gasteiger partial charge in [-0.15, -0.1) is 0 Å². The molecular formula is C24H27N3O2. The van der Waals surface area contributed by atoms with E-state index in [4.69, 9.17) is 15.2 Å². The number of nitrogens with two attached hydrogens (primary N) is 1. The Hall–Kier alpha value is -2.81. The van der Waals surface area contributed by atoms with Gasteiger partial charge in [-0.3, -0.25) is 4.98 Å². The Morgan fingerprint density at radius 3 is 2.69 bits per heavy atom. The van der Waals surface area contributed by atoms with E-state index in [9.17, 15) is 0 Å². The van der Waals surface area contributed by atoms with Crippen LogP contribution in [0.4, 0.5) is 0 Å². The smallest absolute Gasteiger partial charge is 0.174 e. The van der Waals surface area contributed by atoms with Gasteiger partial charge >= 0.3 is 0 Å². The molecule has 1 aliphatic carbocycles. The van der Waals surface area contributed by atoms with Gasteiger partial charge in [0.25, 0.3) is 0 Å². The molecule has 5 nitrogen and oxygen atoms in total. The van der Waals surface area contributed by atoms with Crippen LogP contribution in [0.3, 0.4) is 0 Å². The van der Waals surface area contributed by atoms with Gasteiger partial charge < -0.3 is 20.5 Å². The zero-order chi connectivity index (χ0) is 20.1. The summed E-state index contributed by atoms with van der Waals surface area (Å²) in [6.07, 6.45) is 5.71. The van der Waals surface area contributed by atoms with Crippen LogP contribution in [0.5, 0.6) is 0 Å². The Morgan fingerprint density at radius 2 is 2.00 bits per heavy atom. The SMILES string of the molecule is Cc1cc(C#CC2CC2)cnc1/C(N)=C/NCC1OCC(c2ccccc2)CO1. The number of nitrogens with one attached hydrogen (secondary N) is 1. The molecule has 0 bridgehead atoms. The Morgan fingerprint density at radius 1 is 1.24 bits per heavy atom. The van der Waals surface area contributed by atoms with Crippen molar-refractivity contribution in [1.29, 1.82) is 0 Å². The van der Waals surface area contributed by atoms with Crippen LogP contribution in [-0.4, -0.2) is 31.0 Å². The maximum atomic E-state index is 6.21. The van der Waals surface area contributed by atoms with Crippen molar-refractivity contribution in [1.82, 2.24) is 10.3 Å². The maximum absolute atomic E-state index is 6.21. The number of hydrogen-bond acceptors (Lipinski definition) is 5. The number of pyridine rings is 1. The fourth-order valence-corrected chi connectivity index (χ4v) is 3.27. The third kappa shape index (κ3) is 5.38. The van der Waals surface area contributed by atoms with E-state index >= 15 is 0 Å². The summed E-state index contributed by atoms with van der Waals surface area (Å²) < 4.78 is 11.7. The first-order valence-corrected chi connectivity index (χ1v) is 10.1. The molecule has 29 heavy (non-hydrogen) atoms. The summed E-state index contributed by atoms with van der Waals surface area (Å²) in [5, 5.41) is 3.19. The molecule has 1 aromatic heterocycles. The Kier molecular flexibility index (Phi) is 6.14. The van der Waals surface area contributed by atoms with Crippen LogP contribution in [0.15, 0.2) is 48.8 Å². The minimum Gasteiger partial charge on any atom is -0.396 e. The van der Waals surface area contributed by atoms with E-state index in [1.165, 1.54) is 18.4 Å². The van der Waals surface area contributed by atoms with Gasteiger partial charge in [-0.2, -0.15) is 0 Å². The molecule has 2 heterocycles. The molecular weight excluding hydrogens is 362 g/mol. The molecule has 0 radical (unpaired) electrons. The van der Waals surface area contributed by atoms with Crippen LogP contribution in [-0.2, 0) is 9.47 Å². The first kappa shape index (κ1) is 19.5.